The summed E-state index contributed by atoms with van der Waals surface area (Å²) in [6.45, 7) is 1.76. The second-order valence-corrected chi connectivity index (χ2v) is 8.11. The van der Waals surface area contributed by atoms with Gasteiger partial charge in [0.05, 0.1) is 11.6 Å². The first-order chi connectivity index (χ1) is 16.2. The summed E-state index contributed by atoms with van der Waals surface area (Å²) in [6.07, 6.45) is -0.225. The number of nitrogens with one attached hydrogen (secondary N) is 3. The summed E-state index contributed by atoms with van der Waals surface area (Å²) in [4.78, 5) is 49.9. The Morgan fingerprint density at radius 3 is 2.44 bits per heavy atom. The molecule has 0 unspecified atom stereocenters. The lowest BCUT2D eigenvalue weighted by Gasteiger charge is -2.22. The number of fused-ring (bicyclic) bond motifs is 1. The van der Waals surface area contributed by atoms with Crippen molar-refractivity contribution in [2.24, 2.45) is 0 Å². The molecule has 3 rings (SSSR count). The van der Waals surface area contributed by atoms with Gasteiger partial charge in [-0.25, -0.2) is 4.79 Å². The summed E-state index contributed by atoms with van der Waals surface area (Å²) in [7, 11) is 0. The minimum Gasteiger partial charge on any atom is -0.508 e. The molecule has 0 spiro atoms. The van der Waals surface area contributed by atoms with Crippen LogP contribution in [-0.2, 0) is 20.8 Å². The number of amides is 3. The lowest BCUT2D eigenvalue weighted by molar-refractivity contribution is -0.139. The smallest absolute Gasteiger partial charge is 0.326 e. The number of phenolic OH excluding ortho intramolecular Hbond substituents is 1. The zero-order chi connectivity index (χ0) is 24.7. The van der Waals surface area contributed by atoms with Gasteiger partial charge in [-0.15, -0.1) is 0 Å². The molecule has 2 aromatic rings. The average molecular weight is 469 g/mol. The molecular weight excluding hydrogens is 442 g/mol. The number of carbonyl (C=O) groups is 4. The summed E-state index contributed by atoms with van der Waals surface area (Å²) in [5.74, 6) is -2.57. The van der Waals surface area contributed by atoms with Gasteiger partial charge in [0.15, 0.2) is 0 Å². The summed E-state index contributed by atoms with van der Waals surface area (Å²) in [5, 5.41) is 26.9. The minimum atomic E-state index is -1.31. The maximum atomic E-state index is 13.0. The Morgan fingerprint density at radius 1 is 1.03 bits per heavy atom. The van der Waals surface area contributed by atoms with Crippen molar-refractivity contribution < 1.29 is 34.1 Å². The number of hydrogen-bond donors (Lipinski definition) is 5. The molecule has 3 amide bonds. The first kappa shape index (κ1) is 24.6. The van der Waals surface area contributed by atoms with E-state index in [9.17, 15) is 29.4 Å². The molecule has 34 heavy (non-hydrogen) atoms. The highest BCUT2D eigenvalue weighted by atomic mass is 16.5. The van der Waals surface area contributed by atoms with E-state index in [1.807, 2.05) is 0 Å². The maximum Gasteiger partial charge on any atom is 0.326 e. The van der Waals surface area contributed by atoms with E-state index in [0.29, 0.717) is 5.56 Å². The molecule has 2 aromatic carbocycles. The number of benzene rings is 2. The quantitative estimate of drug-likeness (QED) is 0.449. The second kappa shape index (κ2) is 11.2. The van der Waals surface area contributed by atoms with Crippen LogP contribution >= 0.6 is 0 Å². The van der Waals surface area contributed by atoms with Crippen LogP contribution in [-0.4, -0.2) is 58.6 Å². The number of rotatable bonds is 3. The monoisotopic (exact) mass is 469 g/mol. The van der Waals surface area contributed by atoms with Crippen molar-refractivity contribution >= 4 is 23.7 Å². The first-order valence-corrected chi connectivity index (χ1v) is 10.9. The Kier molecular flexibility index (Phi) is 8.07. The van der Waals surface area contributed by atoms with Gasteiger partial charge in [-0.3, -0.25) is 14.4 Å². The number of ether oxygens (including phenoxy) is 1. The molecule has 0 radical (unpaired) electrons. The van der Waals surface area contributed by atoms with Crippen LogP contribution in [0.25, 0.3) is 0 Å². The Balaban J connectivity index is 1.85. The highest BCUT2D eigenvalue weighted by molar-refractivity contribution is 5.99. The van der Waals surface area contributed by atoms with Crippen molar-refractivity contribution in [1.82, 2.24) is 16.0 Å². The second-order valence-electron chi connectivity index (χ2n) is 8.11. The zero-order valence-electron chi connectivity index (χ0n) is 18.6. The van der Waals surface area contributed by atoms with Crippen LogP contribution in [0.2, 0.25) is 0 Å². The van der Waals surface area contributed by atoms with Crippen LogP contribution < -0.4 is 20.7 Å². The van der Waals surface area contributed by atoms with Crippen LogP contribution in [0.3, 0.4) is 0 Å². The van der Waals surface area contributed by atoms with E-state index in [0.717, 1.165) is 0 Å². The molecule has 0 saturated heterocycles. The average Bonchev–Trinajstić information content (AvgIpc) is 2.80. The molecule has 0 aromatic heterocycles. The van der Waals surface area contributed by atoms with Gasteiger partial charge in [0.1, 0.15) is 30.2 Å². The zero-order valence-corrected chi connectivity index (χ0v) is 18.6. The number of aliphatic carboxylic acids is 1. The highest BCUT2D eigenvalue weighted by Crippen LogP contribution is 2.19. The van der Waals surface area contributed by atoms with Gasteiger partial charge in [0.25, 0.3) is 5.91 Å². The Bertz CT molecular complexity index is 1050. The molecule has 0 aliphatic carbocycles. The van der Waals surface area contributed by atoms with Crippen LogP contribution in [0, 0.1) is 0 Å². The first-order valence-electron chi connectivity index (χ1n) is 10.9. The molecule has 0 fully saturated rings. The molecule has 0 saturated carbocycles. The summed E-state index contributed by atoms with van der Waals surface area (Å²) >= 11 is 0. The van der Waals surface area contributed by atoms with E-state index in [1.165, 1.54) is 18.2 Å². The van der Waals surface area contributed by atoms with Gasteiger partial charge < -0.3 is 30.9 Å². The minimum absolute atomic E-state index is 0.0399. The SMILES string of the molecule is C[C@H]1COc2ccccc2C(=O)N[C@H](C(=O)O)CCC(=O)N[C@@H](Cc2ccc(O)cc2)C(=O)N1. The molecule has 180 valence electrons. The molecule has 3 atom stereocenters. The largest absolute Gasteiger partial charge is 0.508 e. The molecule has 1 aliphatic rings. The lowest BCUT2D eigenvalue weighted by atomic mass is 10.0. The van der Waals surface area contributed by atoms with Gasteiger partial charge in [-0.05, 0) is 43.2 Å². The predicted octanol–water partition coefficient (Wildman–Crippen LogP) is 0.980. The summed E-state index contributed by atoms with van der Waals surface area (Å²) in [6, 6.07) is 9.93. The van der Waals surface area contributed by atoms with Crippen LogP contribution in [0.1, 0.15) is 35.7 Å². The fourth-order valence-electron chi connectivity index (χ4n) is 3.49. The van der Waals surface area contributed by atoms with Crippen LogP contribution in [0.4, 0.5) is 0 Å². The van der Waals surface area contributed by atoms with Gasteiger partial charge in [0, 0.05) is 12.8 Å². The Labute approximate surface area is 196 Å². The molecule has 10 nitrogen and oxygen atoms in total. The third-order valence-electron chi connectivity index (χ3n) is 5.30. The van der Waals surface area contributed by atoms with E-state index < -0.39 is 41.8 Å². The number of aromatic hydroxyl groups is 1. The normalized spacial score (nSPS) is 22.0. The fourth-order valence-corrected chi connectivity index (χ4v) is 3.49. The Morgan fingerprint density at radius 2 is 1.74 bits per heavy atom. The van der Waals surface area contributed by atoms with Crippen molar-refractivity contribution in [2.45, 2.75) is 44.3 Å². The number of carboxylic acid groups (broad SMARTS) is 1. The van der Waals surface area contributed by atoms with Crippen molar-refractivity contribution in [3.8, 4) is 11.5 Å². The van der Waals surface area contributed by atoms with Crippen LogP contribution in [0.15, 0.2) is 48.5 Å². The van der Waals surface area contributed by atoms with Crippen LogP contribution in [0.5, 0.6) is 11.5 Å². The number of phenols is 1. The van der Waals surface area contributed by atoms with E-state index in [-0.39, 0.29) is 42.9 Å². The van der Waals surface area contributed by atoms with E-state index >= 15 is 0 Å². The molecular formula is C24H27N3O7. The van der Waals surface area contributed by atoms with E-state index in [2.05, 4.69) is 16.0 Å². The van der Waals surface area contributed by atoms with Crippen molar-refractivity contribution in [1.29, 1.82) is 0 Å². The van der Waals surface area contributed by atoms with Gasteiger partial charge >= 0.3 is 5.97 Å². The third-order valence-corrected chi connectivity index (χ3v) is 5.30. The number of carboxylic acids is 1. The standard InChI is InChI=1S/C24H27N3O7/c1-14-13-34-20-5-3-2-4-17(20)22(30)27-18(24(32)33)10-11-21(29)26-19(23(31)25-14)12-15-6-8-16(28)9-7-15/h2-9,14,18-19,28H,10-13H2,1H3,(H,25,31)(H,26,29)(H,27,30)(H,32,33)/t14-,18-,19-/m0/s1. The molecule has 1 heterocycles. The fraction of sp³-hybridized carbons (Fsp3) is 0.333. The summed E-state index contributed by atoms with van der Waals surface area (Å²) < 4.78 is 5.74. The Hall–Kier alpha value is -4.08. The molecule has 10 heteroatoms. The van der Waals surface area contributed by atoms with Gasteiger partial charge in [-0.1, -0.05) is 24.3 Å². The topological polar surface area (TPSA) is 154 Å². The number of carbonyl (C=O) groups excluding carboxylic acids is 3. The highest BCUT2D eigenvalue weighted by Gasteiger charge is 2.27. The van der Waals surface area contributed by atoms with Gasteiger partial charge in [0.2, 0.25) is 11.8 Å². The van der Waals surface area contributed by atoms with Gasteiger partial charge in [-0.2, -0.15) is 0 Å². The number of hydrogen-bond acceptors (Lipinski definition) is 6. The summed E-state index contributed by atoms with van der Waals surface area (Å²) in [5.41, 5.74) is 0.862. The maximum absolute atomic E-state index is 13.0. The van der Waals surface area contributed by atoms with Crippen molar-refractivity contribution in [2.75, 3.05) is 6.61 Å². The van der Waals surface area contributed by atoms with Crippen molar-refractivity contribution in [3.05, 3.63) is 59.7 Å². The molecule has 1 aliphatic heterocycles. The lowest BCUT2D eigenvalue weighted by Crippen LogP contribution is -2.51. The molecule has 5 N–H and O–H groups in total. The molecule has 0 bridgehead atoms. The van der Waals surface area contributed by atoms with Crippen molar-refractivity contribution in [3.63, 3.8) is 0 Å². The van der Waals surface area contributed by atoms with E-state index in [1.54, 1.807) is 37.3 Å². The predicted molar refractivity (Wildman–Crippen MR) is 121 cm³/mol. The third kappa shape index (κ3) is 6.71. The van der Waals surface area contributed by atoms with E-state index in [4.69, 9.17) is 4.74 Å². The number of para-hydroxylation sites is 1.